The van der Waals surface area contributed by atoms with Gasteiger partial charge in [0.1, 0.15) is 12.1 Å². The number of amides is 2. The summed E-state index contributed by atoms with van der Waals surface area (Å²) in [6.45, 7) is 9.00. The maximum atomic E-state index is 12.6. The van der Waals surface area contributed by atoms with E-state index >= 15 is 0 Å². The lowest BCUT2D eigenvalue weighted by Crippen LogP contribution is -2.51. The zero-order chi connectivity index (χ0) is 22.2. The Labute approximate surface area is 184 Å². The fourth-order valence-electron chi connectivity index (χ4n) is 3.63. The Morgan fingerprint density at radius 3 is 2.58 bits per heavy atom. The van der Waals surface area contributed by atoms with Crippen LogP contribution in [0.2, 0.25) is 0 Å². The Balaban J connectivity index is 1.62. The summed E-state index contributed by atoms with van der Waals surface area (Å²) in [6.07, 6.45) is 8.02. The second-order valence-corrected chi connectivity index (χ2v) is 7.68. The van der Waals surface area contributed by atoms with Crippen LogP contribution in [-0.2, 0) is 0 Å². The van der Waals surface area contributed by atoms with Crippen molar-refractivity contribution in [2.45, 2.75) is 27.2 Å². The number of nitrogens with zero attached hydrogens (tertiary/aromatic N) is 4. The van der Waals surface area contributed by atoms with Gasteiger partial charge in [0.05, 0.1) is 5.69 Å². The highest BCUT2D eigenvalue weighted by molar-refractivity contribution is 5.76. The summed E-state index contributed by atoms with van der Waals surface area (Å²) in [7, 11) is 1.84. The molecule has 0 spiro atoms. The molecule has 1 fully saturated rings. The number of rotatable bonds is 6. The monoisotopic (exact) mass is 420 g/mol. The van der Waals surface area contributed by atoms with Crippen LogP contribution in [0, 0.1) is 13.8 Å². The van der Waals surface area contributed by atoms with Crippen LogP contribution in [0.5, 0.6) is 0 Å². The van der Waals surface area contributed by atoms with E-state index in [0.717, 1.165) is 42.3 Å². The van der Waals surface area contributed by atoms with Crippen molar-refractivity contribution in [1.29, 1.82) is 0 Å². The van der Waals surface area contributed by atoms with E-state index in [1.54, 1.807) is 6.33 Å². The first-order chi connectivity index (χ1) is 15.0. The van der Waals surface area contributed by atoms with Gasteiger partial charge in [0, 0.05) is 50.6 Å². The van der Waals surface area contributed by atoms with Crippen molar-refractivity contribution in [1.82, 2.24) is 25.5 Å². The average molecular weight is 421 g/mol. The van der Waals surface area contributed by atoms with Crippen LogP contribution in [0.1, 0.15) is 24.5 Å². The number of anilines is 1. The molecule has 31 heavy (non-hydrogen) atoms. The summed E-state index contributed by atoms with van der Waals surface area (Å²) in [5.41, 5.74) is 5.39. The third-order valence-electron chi connectivity index (χ3n) is 5.41. The maximum absolute atomic E-state index is 12.6. The van der Waals surface area contributed by atoms with Crippen molar-refractivity contribution >= 4 is 11.8 Å². The van der Waals surface area contributed by atoms with Crippen molar-refractivity contribution in [3.63, 3.8) is 0 Å². The number of hydrogen-bond acceptors (Lipinski definition) is 5. The van der Waals surface area contributed by atoms with E-state index in [2.05, 4.69) is 57.5 Å². The first-order valence-electron chi connectivity index (χ1n) is 10.7. The number of benzene rings is 1. The first-order valence-corrected chi connectivity index (χ1v) is 10.7. The van der Waals surface area contributed by atoms with Crippen molar-refractivity contribution in [2.24, 2.45) is 0 Å². The second kappa shape index (κ2) is 10.6. The number of piperazine rings is 1. The zero-order valence-corrected chi connectivity index (χ0v) is 18.9. The van der Waals surface area contributed by atoms with E-state index < -0.39 is 0 Å². The highest BCUT2D eigenvalue weighted by Crippen LogP contribution is 2.25. The average Bonchev–Trinajstić information content (AvgIpc) is 2.78. The number of aromatic nitrogens is 2. The summed E-state index contributed by atoms with van der Waals surface area (Å²) in [5, 5.41) is 5.96. The Kier molecular flexibility index (Phi) is 7.65. The van der Waals surface area contributed by atoms with Crippen molar-refractivity contribution in [2.75, 3.05) is 38.1 Å². The molecule has 0 saturated carbocycles. The molecular weight excluding hydrogens is 388 g/mol. The molecule has 164 valence electrons. The first kappa shape index (κ1) is 22.3. The highest BCUT2D eigenvalue weighted by Gasteiger charge is 2.22. The normalized spacial score (nSPS) is 14.8. The van der Waals surface area contributed by atoms with Crippen molar-refractivity contribution < 1.29 is 4.79 Å². The van der Waals surface area contributed by atoms with Gasteiger partial charge < -0.3 is 20.4 Å². The molecule has 0 aliphatic carbocycles. The van der Waals surface area contributed by atoms with Gasteiger partial charge in [-0.3, -0.25) is 0 Å². The van der Waals surface area contributed by atoms with E-state index in [9.17, 15) is 4.79 Å². The molecule has 0 bridgehead atoms. The zero-order valence-electron chi connectivity index (χ0n) is 18.9. The molecule has 2 N–H and O–H groups in total. The van der Waals surface area contributed by atoms with E-state index in [0.29, 0.717) is 13.1 Å². The van der Waals surface area contributed by atoms with Crippen LogP contribution >= 0.6 is 0 Å². The number of hydrogen-bond donors (Lipinski definition) is 2. The highest BCUT2D eigenvalue weighted by atomic mass is 16.2. The molecule has 1 aromatic heterocycles. The van der Waals surface area contributed by atoms with Crippen LogP contribution in [-0.4, -0.2) is 54.1 Å². The summed E-state index contributed by atoms with van der Waals surface area (Å²) in [5.74, 6) is 0.899. The third kappa shape index (κ3) is 5.84. The number of aryl methyl sites for hydroxylation is 2. The standard InChI is InChI=1S/C24H32N6O/c1-5-20(7-6-10-25-4)28-24(31)30-13-11-29(12-14-30)23-16-22(26-17-27-23)21-9-8-18(2)15-19(21)3/h6-10,15-17,25H,5,11-14H2,1-4H3,(H,28,31)/b10-6-,20-7+. The predicted octanol–water partition coefficient (Wildman–Crippen LogP) is 3.62. The number of urea groups is 1. The molecule has 2 amide bonds. The van der Waals surface area contributed by atoms with Gasteiger partial charge in [-0.2, -0.15) is 0 Å². The van der Waals surface area contributed by atoms with Crippen LogP contribution < -0.4 is 15.5 Å². The molecule has 1 aliphatic heterocycles. The topological polar surface area (TPSA) is 73.4 Å². The smallest absolute Gasteiger partial charge is 0.321 e. The number of carbonyl (C=O) groups is 1. The quantitative estimate of drug-likeness (QED) is 0.699. The molecule has 2 aromatic rings. The summed E-state index contributed by atoms with van der Waals surface area (Å²) < 4.78 is 0. The Morgan fingerprint density at radius 1 is 1.13 bits per heavy atom. The summed E-state index contributed by atoms with van der Waals surface area (Å²) >= 11 is 0. The minimum absolute atomic E-state index is 0.0516. The van der Waals surface area contributed by atoms with E-state index in [-0.39, 0.29) is 6.03 Å². The van der Waals surface area contributed by atoms with E-state index in [1.807, 2.05) is 43.3 Å². The Hall–Kier alpha value is -3.35. The van der Waals surface area contributed by atoms with Crippen LogP contribution in [0.4, 0.5) is 10.6 Å². The number of carbonyl (C=O) groups excluding carboxylic acids is 1. The van der Waals surface area contributed by atoms with Gasteiger partial charge in [0.25, 0.3) is 0 Å². The molecule has 7 nitrogen and oxygen atoms in total. The molecule has 0 radical (unpaired) electrons. The lowest BCUT2D eigenvalue weighted by Gasteiger charge is -2.35. The van der Waals surface area contributed by atoms with Gasteiger partial charge in [-0.25, -0.2) is 14.8 Å². The number of allylic oxidation sites excluding steroid dienone is 3. The molecular formula is C24H32N6O. The van der Waals surface area contributed by atoms with Crippen LogP contribution in [0.25, 0.3) is 11.3 Å². The summed E-state index contributed by atoms with van der Waals surface area (Å²) in [4.78, 5) is 25.7. The molecule has 2 heterocycles. The van der Waals surface area contributed by atoms with Crippen molar-refractivity contribution in [3.05, 3.63) is 65.8 Å². The van der Waals surface area contributed by atoms with E-state index in [1.165, 1.54) is 11.1 Å². The SMILES string of the molecule is CC/C(=C\C=C/NC)NC(=O)N1CCN(c2cc(-c3ccc(C)cc3C)ncn2)CC1. The molecule has 1 saturated heterocycles. The second-order valence-electron chi connectivity index (χ2n) is 7.68. The molecule has 3 rings (SSSR count). The lowest BCUT2D eigenvalue weighted by atomic mass is 10.0. The van der Waals surface area contributed by atoms with Gasteiger partial charge in [0.2, 0.25) is 0 Å². The molecule has 1 aromatic carbocycles. The van der Waals surface area contributed by atoms with Crippen LogP contribution in [0.15, 0.2) is 54.6 Å². The van der Waals surface area contributed by atoms with Gasteiger partial charge in [-0.05, 0) is 44.2 Å². The van der Waals surface area contributed by atoms with Gasteiger partial charge in [-0.1, -0.05) is 30.7 Å². The minimum atomic E-state index is -0.0516. The Morgan fingerprint density at radius 2 is 1.90 bits per heavy atom. The summed E-state index contributed by atoms with van der Waals surface area (Å²) in [6, 6.07) is 8.38. The third-order valence-corrected chi connectivity index (χ3v) is 5.41. The largest absolute Gasteiger partial charge is 0.394 e. The molecule has 0 unspecified atom stereocenters. The van der Waals surface area contributed by atoms with Crippen molar-refractivity contribution in [3.8, 4) is 11.3 Å². The fraction of sp³-hybridized carbons (Fsp3) is 0.375. The van der Waals surface area contributed by atoms with Gasteiger partial charge in [-0.15, -0.1) is 0 Å². The lowest BCUT2D eigenvalue weighted by molar-refractivity contribution is 0.197. The Bertz CT molecular complexity index is 960. The molecule has 0 atom stereocenters. The van der Waals surface area contributed by atoms with Gasteiger partial charge in [0.15, 0.2) is 0 Å². The minimum Gasteiger partial charge on any atom is -0.394 e. The molecule has 1 aliphatic rings. The fourth-order valence-corrected chi connectivity index (χ4v) is 3.63. The van der Waals surface area contributed by atoms with Gasteiger partial charge >= 0.3 is 6.03 Å². The number of nitrogens with one attached hydrogen (secondary N) is 2. The van der Waals surface area contributed by atoms with Crippen LogP contribution in [0.3, 0.4) is 0 Å². The van der Waals surface area contributed by atoms with E-state index in [4.69, 9.17) is 0 Å². The predicted molar refractivity (Wildman–Crippen MR) is 126 cm³/mol. The molecule has 7 heteroatoms. The maximum Gasteiger partial charge on any atom is 0.321 e.